The average Bonchev–Trinajstić information content (AvgIpc) is 3.61. The standard InChI is InChI=1S/C30H33N7O2/c1-16-24(17(2)37(6)35-16)26-32-25-22(12-13-31-27(25)33-26)20-10-11-21-18(14-20)8-7-9-19(21)15-23(38)28-34-29(36-39-28)30(3,4)5/h10-14,19H,7-9,15H2,1-6H3,(H,31,32,33). The zero-order valence-electron chi connectivity index (χ0n) is 23.3. The van der Waals surface area contributed by atoms with E-state index in [1.54, 1.807) is 0 Å². The number of aromatic nitrogens is 7. The molecule has 1 aliphatic rings. The molecule has 9 heteroatoms. The smallest absolute Gasteiger partial charge is 0.294 e. The van der Waals surface area contributed by atoms with Crippen LogP contribution in [0.15, 0.2) is 35.0 Å². The van der Waals surface area contributed by atoms with E-state index in [9.17, 15) is 4.79 Å². The van der Waals surface area contributed by atoms with Gasteiger partial charge in [-0.3, -0.25) is 9.48 Å². The molecule has 1 N–H and O–H groups in total. The summed E-state index contributed by atoms with van der Waals surface area (Å²) < 4.78 is 7.19. The number of hydrogen-bond acceptors (Lipinski definition) is 7. The zero-order chi connectivity index (χ0) is 27.5. The van der Waals surface area contributed by atoms with Gasteiger partial charge in [0.25, 0.3) is 5.89 Å². The van der Waals surface area contributed by atoms with Gasteiger partial charge in [0, 0.05) is 36.3 Å². The van der Waals surface area contributed by atoms with Crippen LogP contribution in [-0.4, -0.2) is 40.7 Å². The summed E-state index contributed by atoms with van der Waals surface area (Å²) in [5.74, 6) is 1.48. The Morgan fingerprint density at radius 1 is 1.18 bits per heavy atom. The topological polar surface area (TPSA) is 115 Å². The van der Waals surface area contributed by atoms with E-state index in [4.69, 9.17) is 9.51 Å². The van der Waals surface area contributed by atoms with Crippen LogP contribution in [0.25, 0.3) is 33.7 Å². The van der Waals surface area contributed by atoms with Crippen molar-refractivity contribution in [3.63, 3.8) is 0 Å². The quantitative estimate of drug-likeness (QED) is 0.280. The highest BCUT2D eigenvalue weighted by molar-refractivity contribution is 5.93. The molecule has 6 rings (SSSR count). The zero-order valence-corrected chi connectivity index (χ0v) is 23.3. The summed E-state index contributed by atoms with van der Waals surface area (Å²) >= 11 is 0. The van der Waals surface area contributed by atoms with E-state index in [-0.39, 0.29) is 23.0 Å². The maximum Gasteiger partial charge on any atom is 0.294 e. The van der Waals surface area contributed by atoms with Gasteiger partial charge in [-0.1, -0.05) is 44.1 Å². The third-order valence-electron chi connectivity index (χ3n) is 7.80. The van der Waals surface area contributed by atoms with Crippen LogP contribution in [0.5, 0.6) is 0 Å². The molecule has 0 saturated heterocycles. The van der Waals surface area contributed by atoms with Crippen molar-refractivity contribution in [1.82, 2.24) is 34.9 Å². The van der Waals surface area contributed by atoms with Crippen molar-refractivity contribution in [2.45, 2.75) is 71.6 Å². The van der Waals surface area contributed by atoms with Crippen LogP contribution in [0, 0.1) is 13.8 Å². The number of aromatic amines is 1. The van der Waals surface area contributed by atoms with Crippen molar-refractivity contribution in [2.75, 3.05) is 0 Å². The second-order valence-corrected chi connectivity index (χ2v) is 11.6. The van der Waals surface area contributed by atoms with E-state index < -0.39 is 0 Å². The molecule has 4 aromatic heterocycles. The molecule has 200 valence electrons. The largest absolute Gasteiger partial charge is 0.336 e. The van der Waals surface area contributed by atoms with Crippen LogP contribution >= 0.6 is 0 Å². The normalized spacial score (nSPS) is 15.6. The van der Waals surface area contributed by atoms with Gasteiger partial charge in [-0.05, 0) is 61.8 Å². The molecule has 1 atom stereocenters. The Morgan fingerprint density at radius 3 is 2.72 bits per heavy atom. The Kier molecular flexibility index (Phi) is 5.97. The molecule has 0 saturated carbocycles. The number of nitrogens with zero attached hydrogens (tertiary/aromatic N) is 6. The van der Waals surface area contributed by atoms with Gasteiger partial charge in [0.05, 0.1) is 16.8 Å². The summed E-state index contributed by atoms with van der Waals surface area (Å²) in [6.45, 7) is 10.0. The van der Waals surface area contributed by atoms with Gasteiger partial charge < -0.3 is 9.51 Å². The Morgan fingerprint density at radius 2 is 2.00 bits per heavy atom. The SMILES string of the molecule is Cc1nn(C)c(C)c1-c1nc2nccc(-c3ccc4c(c3)CCCC4CC(=O)c3nc(C(C)(C)C)no3)c2[nH]1. The van der Waals surface area contributed by atoms with Crippen molar-refractivity contribution >= 4 is 16.9 Å². The minimum atomic E-state index is -0.265. The van der Waals surface area contributed by atoms with Gasteiger partial charge in [0.2, 0.25) is 5.78 Å². The van der Waals surface area contributed by atoms with E-state index in [1.807, 2.05) is 58.6 Å². The molecule has 4 heterocycles. The van der Waals surface area contributed by atoms with Crippen molar-refractivity contribution in [3.05, 3.63) is 64.7 Å². The van der Waals surface area contributed by atoms with E-state index in [0.29, 0.717) is 17.9 Å². The third kappa shape index (κ3) is 4.45. The molecule has 0 radical (unpaired) electrons. The highest BCUT2D eigenvalue weighted by atomic mass is 16.5. The molecule has 1 aromatic carbocycles. The molecule has 39 heavy (non-hydrogen) atoms. The highest BCUT2D eigenvalue weighted by Crippen LogP contribution is 2.38. The van der Waals surface area contributed by atoms with Crippen molar-refractivity contribution in [3.8, 4) is 22.5 Å². The van der Waals surface area contributed by atoms with Gasteiger partial charge >= 0.3 is 0 Å². The fourth-order valence-electron chi connectivity index (χ4n) is 5.63. The van der Waals surface area contributed by atoms with E-state index in [1.165, 1.54) is 11.1 Å². The van der Waals surface area contributed by atoms with Crippen molar-refractivity contribution in [2.24, 2.45) is 7.05 Å². The fourth-order valence-corrected chi connectivity index (χ4v) is 5.63. The lowest BCUT2D eigenvalue weighted by Crippen LogP contribution is -2.16. The summed E-state index contributed by atoms with van der Waals surface area (Å²) in [6, 6.07) is 8.60. The third-order valence-corrected chi connectivity index (χ3v) is 7.80. The first-order valence-corrected chi connectivity index (χ1v) is 13.5. The lowest BCUT2D eigenvalue weighted by Gasteiger charge is -2.25. The Balaban J connectivity index is 1.31. The van der Waals surface area contributed by atoms with Crippen molar-refractivity contribution in [1.29, 1.82) is 0 Å². The first kappa shape index (κ1) is 25.2. The molecule has 0 fully saturated rings. The number of nitrogens with one attached hydrogen (secondary N) is 1. The highest BCUT2D eigenvalue weighted by Gasteiger charge is 2.28. The molecular weight excluding hydrogens is 490 g/mol. The number of pyridine rings is 1. The van der Waals surface area contributed by atoms with Crippen LogP contribution in [0.1, 0.15) is 85.0 Å². The fraction of sp³-hybridized carbons (Fsp3) is 0.400. The van der Waals surface area contributed by atoms with Crippen molar-refractivity contribution < 1.29 is 9.32 Å². The van der Waals surface area contributed by atoms with E-state index >= 15 is 0 Å². The molecule has 0 aliphatic heterocycles. The molecule has 5 aromatic rings. The lowest BCUT2D eigenvalue weighted by molar-refractivity contribution is 0.0928. The number of carbonyl (C=O) groups is 1. The maximum absolute atomic E-state index is 13.0. The summed E-state index contributed by atoms with van der Waals surface area (Å²) in [4.78, 5) is 30.3. The predicted molar refractivity (Wildman–Crippen MR) is 149 cm³/mol. The molecule has 9 nitrogen and oxygen atoms in total. The number of benzene rings is 1. The van der Waals surface area contributed by atoms with Crippen LogP contribution < -0.4 is 0 Å². The molecule has 1 unspecified atom stereocenters. The van der Waals surface area contributed by atoms with Crippen LogP contribution in [-0.2, 0) is 18.9 Å². The van der Waals surface area contributed by atoms with Gasteiger partial charge in [0.1, 0.15) is 5.82 Å². The number of carbonyl (C=O) groups excluding carboxylic acids is 1. The Bertz CT molecular complexity index is 1720. The first-order chi connectivity index (χ1) is 18.6. The summed E-state index contributed by atoms with van der Waals surface area (Å²) in [5, 5.41) is 8.57. The van der Waals surface area contributed by atoms with E-state index in [0.717, 1.165) is 58.7 Å². The molecule has 0 spiro atoms. The first-order valence-electron chi connectivity index (χ1n) is 13.5. The van der Waals surface area contributed by atoms with Crippen LogP contribution in [0.4, 0.5) is 0 Å². The number of hydrogen-bond donors (Lipinski definition) is 1. The minimum Gasteiger partial charge on any atom is -0.336 e. The number of rotatable bonds is 5. The number of fused-ring (bicyclic) bond motifs is 2. The Hall–Kier alpha value is -4.14. The number of imidazole rings is 1. The monoisotopic (exact) mass is 523 g/mol. The summed E-state index contributed by atoms with van der Waals surface area (Å²) in [7, 11) is 1.94. The average molecular weight is 524 g/mol. The lowest BCUT2D eigenvalue weighted by atomic mass is 9.79. The second kappa shape index (κ2) is 9.25. The Labute approximate surface area is 227 Å². The molecule has 0 amide bonds. The van der Waals surface area contributed by atoms with Crippen LogP contribution in [0.3, 0.4) is 0 Å². The van der Waals surface area contributed by atoms with Gasteiger partial charge in [-0.25, -0.2) is 9.97 Å². The van der Waals surface area contributed by atoms with Crippen LogP contribution in [0.2, 0.25) is 0 Å². The number of ketones is 1. The van der Waals surface area contributed by atoms with E-state index in [2.05, 4.69) is 43.4 Å². The van der Waals surface area contributed by atoms with Gasteiger partial charge in [0.15, 0.2) is 11.5 Å². The molecule has 0 bridgehead atoms. The number of H-pyrrole nitrogens is 1. The summed E-state index contributed by atoms with van der Waals surface area (Å²) in [5.41, 5.74) is 8.98. The predicted octanol–water partition coefficient (Wildman–Crippen LogP) is 6.02. The molecule has 1 aliphatic carbocycles. The number of aryl methyl sites for hydroxylation is 3. The summed E-state index contributed by atoms with van der Waals surface area (Å²) in [6.07, 6.45) is 5.16. The molecular formula is C30H33N7O2. The number of Topliss-reactive ketones (excluding diaryl/α,β-unsaturated/α-hetero) is 1. The minimum absolute atomic E-state index is 0.0956. The maximum atomic E-state index is 13.0. The van der Waals surface area contributed by atoms with Gasteiger partial charge in [-0.2, -0.15) is 10.1 Å². The second-order valence-electron chi connectivity index (χ2n) is 11.6. The van der Waals surface area contributed by atoms with Gasteiger partial charge in [-0.15, -0.1) is 0 Å².